The van der Waals surface area contributed by atoms with Crippen molar-refractivity contribution in [3.8, 4) is 22.8 Å². The monoisotopic (exact) mass is 260 g/mol. The fourth-order valence-electron chi connectivity index (χ4n) is 1.91. The van der Waals surface area contributed by atoms with Crippen LogP contribution in [0.5, 0.6) is 11.5 Å². The highest BCUT2D eigenvalue weighted by molar-refractivity contribution is 5.62. The maximum absolute atomic E-state index is 6.02. The minimum atomic E-state index is -0.192. The summed E-state index contributed by atoms with van der Waals surface area (Å²) in [6, 6.07) is 5.47. The summed E-state index contributed by atoms with van der Waals surface area (Å²) in [5.74, 6) is 3.00. The Morgan fingerprint density at radius 1 is 1.21 bits per heavy atom. The molecule has 1 aromatic heterocycles. The Kier molecular flexibility index (Phi) is 2.91. The van der Waals surface area contributed by atoms with Crippen molar-refractivity contribution in [2.24, 2.45) is 11.7 Å². The Morgan fingerprint density at radius 2 is 2.00 bits per heavy atom. The summed E-state index contributed by atoms with van der Waals surface area (Å²) < 4.78 is 16.3. The van der Waals surface area contributed by atoms with Crippen LogP contribution in [0, 0.1) is 5.92 Å². The Balaban J connectivity index is 1.90. The molecule has 2 aromatic rings. The summed E-state index contributed by atoms with van der Waals surface area (Å²) in [5.41, 5.74) is 6.92. The van der Waals surface area contributed by atoms with Crippen molar-refractivity contribution in [1.82, 2.24) is 4.98 Å². The first-order valence-corrected chi connectivity index (χ1v) is 6.26. The van der Waals surface area contributed by atoms with Crippen molar-refractivity contribution in [2.75, 3.05) is 6.79 Å². The average molecular weight is 260 g/mol. The van der Waals surface area contributed by atoms with Crippen LogP contribution >= 0.6 is 0 Å². The van der Waals surface area contributed by atoms with Gasteiger partial charge in [-0.1, -0.05) is 13.8 Å². The van der Waals surface area contributed by atoms with Gasteiger partial charge >= 0.3 is 0 Å². The molecule has 0 fully saturated rings. The van der Waals surface area contributed by atoms with E-state index in [1.807, 2.05) is 32.0 Å². The van der Waals surface area contributed by atoms with Crippen LogP contribution < -0.4 is 15.2 Å². The Labute approximate surface area is 111 Å². The molecule has 0 radical (unpaired) electrons. The van der Waals surface area contributed by atoms with Crippen molar-refractivity contribution >= 4 is 0 Å². The number of nitrogens with zero attached hydrogens (tertiary/aromatic N) is 1. The molecular formula is C14H16N2O3. The van der Waals surface area contributed by atoms with Crippen LogP contribution in [0.3, 0.4) is 0 Å². The summed E-state index contributed by atoms with van der Waals surface area (Å²) in [4.78, 5) is 4.24. The first kappa shape index (κ1) is 12.0. The molecule has 1 aromatic carbocycles. The number of hydrogen-bond acceptors (Lipinski definition) is 5. The topological polar surface area (TPSA) is 70.5 Å². The van der Waals surface area contributed by atoms with Crippen LogP contribution in [0.15, 0.2) is 28.8 Å². The highest BCUT2D eigenvalue weighted by Gasteiger charge is 2.19. The van der Waals surface area contributed by atoms with Gasteiger partial charge in [0.2, 0.25) is 12.7 Å². The zero-order chi connectivity index (χ0) is 13.4. The van der Waals surface area contributed by atoms with Crippen LogP contribution in [-0.4, -0.2) is 11.8 Å². The molecular weight excluding hydrogens is 244 g/mol. The number of benzene rings is 1. The smallest absolute Gasteiger partial charge is 0.231 e. The van der Waals surface area contributed by atoms with Gasteiger partial charge in [0.25, 0.3) is 0 Å². The van der Waals surface area contributed by atoms with Gasteiger partial charge in [-0.25, -0.2) is 4.98 Å². The number of aromatic nitrogens is 1. The van der Waals surface area contributed by atoms with E-state index in [1.165, 1.54) is 0 Å². The Morgan fingerprint density at radius 3 is 2.79 bits per heavy atom. The summed E-state index contributed by atoms with van der Waals surface area (Å²) in [7, 11) is 0. The standard InChI is InChI=1S/C14H16N2O3/c1-8(2)13(15)14-16-6-12(19-14)9-3-4-10-11(5-9)18-7-17-10/h3-6,8,13H,7,15H2,1-2H3. The average Bonchev–Trinajstić information content (AvgIpc) is 3.05. The van der Waals surface area contributed by atoms with E-state index in [0.717, 1.165) is 17.1 Å². The quantitative estimate of drug-likeness (QED) is 0.918. The molecule has 19 heavy (non-hydrogen) atoms. The second kappa shape index (κ2) is 4.59. The third-order valence-corrected chi connectivity index (χ3v) is 3.18. The highest BCUT2D eigenvalue weighted by Crippen LogP contribution is 2.36. The van der Waals surface area contributed by atoms with E-state index < -0.39 is 0 Å². The molecule has 5 nitrogen and oxygen atoms in total. The van der Waals surface area contributed by atoms with Crippen molar-refractivity contribution in [2.45, 2.75) is 19.9 Å². The minimum absolute atomic E-state index is 0.192. The summed E-state index contributed by atoms with van der Waals surface area (Å²) in [6.45, 7) is 4.34. The summed E-state index contributed by atoms with van der Waals surface area (Å²) in [5, 5.41) is 0. The van der Waals surface area contributed by atoms with E-state index in [4.69, 9.17) is 19.6 Å². The number of hydrogen-bond donors (Lipinski definition) is 1. The fourth-order valence-corrected chi connectivity index (χ4v) is 1.91. The normalized spacial score (nSPS) is 14.9. The van der Waals surface area contributed by atoms with Gasteiger partial charge in [-0.3, -0.25) is 0 Å². The van der Waals surface area contributed by atoms with E-state index in [1.54, 1.807) is 6.20 Å². The van der Waals surface area contributed by atoms with Crippen molar-refractivity contribution in [3.05, 3.63) is 30.3 Å². The molecule has 0 aliphatic carbocycles. The zero-order valence-corrected chi connectivity index (χ0v) is 10.9. The van der Waals surface area contributed by atoms with Crippen LogP contribution in [-0.2, 0) is 0 Å². The minimum Gasteiger partial charge on any atom is -0.454 e. The molecule has 2 N–H and O–H groups in total. The number of nitrogens with two attached hydrogens (primary N) is 1. The Hall–Kier alpha value is -2.01. The molecule has 0 spiro atoms. The van der Waals surface area contributed by atoms with Gasteiger partial charge in [-0.2, -0.15) is 0 Å². The van der Waals surface area contributed by atoms with Gasteiger partial charge in [0, 0.05) is 5.56 Å². The van der Waals surface area contributed by atoms with Crippen LogP contribution in [0.25, 0.3) is 11.3 Å². The van der Waals surface area contributed by atoms with Gasteiger partial charge < -0.3 is 19.6 Å². The third-order valence-electron chi connectivity index (χ3n) is 3.18. The largest absolute Gasteiger partial charge is 0.454 e. The lowest BCUT2D eigenvalue weighted by molar-refractivity contribution is 0.174. The molecule has 3 rings (SSSR count). The SMILES string of the molecule is CC(C)C(N)c1ncc(-c2ccc3c(c2)OCO3)o1. The van der Waals surface area contributed by atoms with Gasteiger partial charge in [0.1, 0.15) is 0 Å². The number of rotatable bonds is 3. The van der Waals surface area contributed by atoms with Crippen LogP contribution in [0.4, 0.5) is 0 Å². The maximum Gasteiger partial charge on any atom is 0.231 e. The maximum atomic E-state index is 6.02. The predicted molar refractivity (Wildman–Crippen MR) is 69.8 cm³/mol. The van der Waals surface area contributed by atoms with E-state index in [9.17, 15) is 0 Å². The van der Waals surface area contributed by atoms with Crippen LogP contribution in [0.2, 0.25) is 0 Å². The lowest BCUT2D eigenvalue weighted by atomic mass is 10.1. The second-order valence-corrected chi connectivity index (χ2v) is 4.90. The molecule has 1 aliphatic rings. The number of ether oxygens (including phenoxy) is 2. The van der Waals surface area contributed by atoms with E-state index >= 15 is 0 Å². The number of oxazole rings is 1. The lowest BCUT2D eigenvalue weighted by Crippen LogP contribution is -2.16. The molecule has 1 aliphatic heterocycles. The first-order chi connectivity index (χ1) is 9.15. The fraction of sp³-hybridized carbons (Fsp3) is 0.357. The zero-order valence-electron chi connectivity index (χ0n) is 10.9. The lowest BCUT2D eigenvalue weighted by Gasteiger charge is -2.10. The van der Waals surface area contributed by atoms with Gasteiger partial charge in [0.05, 0.1) is 12.2 Å². The van der Waals surface area contributed by atoms with Crippen molar-refractivity contribution < 1.29 is 13.9 Å². The second-order valence-electron chi connectivity index (χ2n) is 4.90. The summed E-state index contributed by atoms with van der Waals surface area (Å²) in [6.07, 6.45) is 1.69. The number of fused-ring (bicyclic) bond motifs is 1. The van der Waals surface area contributed by atoms with Crippen molar-refractivity contribution in [1.29, 1.82) is 0 Å². The molecule has 100 valence electrons. The van der Waals surface area contributed by atoms with E-state index in [0.29, 0.717) is 11.7 Å². The molecule has 2 heterocycles. The molecule has 0 amide bonds. The van der Waals surface area contributed by atoms with Gasteiger partial charge in [-0.15, -0.1) is 0 Å². The molecule has 5 heteroatoms. The molecule has 0 saturated carbocycles. The summed E-state index contributed by atoms with van der Waals surface area (Å²) >= 11 is 0. The third kappa shape index (κ3) is 2.17. The first-order valence-electron chi connectivity index (χ1n) is 6.26. The Bertz CT molecular complexity index is 592. The van der Waals surface area contributed by atoms with E-state index in [-0.39, 0.29) is 18.8 Å². The van der Waals surface area contributed by atoms with Crippen molar-refractivity contribution in [3.63, 3.8) is 0 Å². The van der Waals surface area contributed by atoms with Crippen LogP contribution in [0.1, 0.15) is 25.8 Å². The molecule has 1 unspecified atom stereocenters. The van der Waals surface area contributed by atoms with Gasteiger partial charge in [-0.05, 0) is 24.1 Å². The molecule has 0 saturated heterocycles. The van der Waals surface area contributed by atoms with Gasteiger partial charge in [0.15, 0.2) is 17.3 Å². The highest BCUT2D eigenvalue weighted by atomic mass is 16.7. The molecule has 1 atom stereocenters. The van der Waals surface area contributed by atoms with E-state index in [2.05, 4.69) is 4.98 Å². The predicted octanol–water partition coefficient (Wildman–Crippen LogP) is 2.73. The molecule has 0 bridgehead atoms.